The summed E-state index contributed by atoms with van der Waals surface area (Å²) < 4.78 is 5.36. The molecule has 4 heteroatoms. The summed E-state index contributed by atoms with van der Waals surface area (Å²) in [7, 11) is 1.63. The number of carbonyl (C=O) groups excluding carboxylic acids is 1. The molecule has 1 aromatic carbocycles. The van der Waals surface area contributed by atoms with Crippen molar-refractivity contribution in [1.29, 1.82) is 0 Å². The summed E-state index contributed by atoms with van der Waals surface area (Å²) >= 11 is 0. The minimum Gasteiger partial charge on any atom is -0.496 e. The number of aliphatic hydroxyl groups excluding tert-OH is 1. The lowest BCUT2D eigenvalue weighted by atomic mass is 9.98. The van der Waals surface area contributed by atoms with Crippen LogP contribution in [0.3, 0.4) is 0 Å². The third-order valence-electron chi connectivity index (χ3n) is 3.95. The maximum atomic E-state index is 12.2. The topological polar surface area (TPSA) is 49.8 Å². The Bertz CT molecular complexity index is 485. The van der Waals surface area contributed by atoms with Crippen LogP contribution in [0.25, 0.3) is 0 Å². The van der Waals surface area contributed by atoms with Crippen LogP contribution in [0, 0.1) is 5.92 Å². The van der Waals surface area contributed by atoms with Crippen molar-refractivity contribution in [2.45, 2.75) is 39.3 Å². The van der Waals surface area contributed by atoms with E-state index in [0.29, 0.717) is 6.54 Å². The highest BCUT2D eigenvalue weighted by Gasteiger charge is 2.25. The van der Waals surface area contributed by atoms with Gasteiger partial charge in [-0.3, -0.25) is 4.79 Å². The molecule has 0 aromatic heterocycles. The first kappa shape index (κ1) is 14.9. The molecule has 1 aromatic rings. The summed E-state index contributed by atoms with van der Waals surface area (Å²) in [6.07, 6.45) is 1.50. The SMILES string of the molecule is COc1ccc(C(C)O)cc1CN1CCCC(C)C1=O. The summed E-state index contributed by atoms with van der Waals surface area (Å²) in [5.74, 6) is 1.08. The third kappa shape index (κ3) is 3.12. The van der Waals surface area contributed by atoms with Crippen molar-refractivity contribution in [2.75, 3.05) is 13.7 Å². The molecular weight excluding hydrogens is 254 g/mol. The molecule has 0 aliphatic carbocycles. The maximum absolute atomic E-state index is 12.2. The van der Waals surface area contributed by atoms with E-state index < -0.39 is 6.10 Å². The molecule has 110 valence electrons. The minimum absolute atomic E-state index is 0.106. The molecule has 0 bridgehead atoms. The number of amides is 1. The number of carbonyl (C=O) groups is 1. The van der Waals surface area contributed by atoms with Crippen LogP contribution in [0.4, 0.5) is 0 Å². The van der Waals surface area contributed by atoms with Crippen LogP contribution in [-0.2, 0) is 11.3 Å². The van der Waals surface area contributed by atoms with Crippen molar-refractivity contribution in [1.82, 2.24) is 4.90 Å². The Morgan fingerprint density at radius 2 is 2.25 bits per heavy atom. The summed E-state index contributed by atoms with van der Waals surface area (Å²) in [6.45, 7) is 5.07. The van der Waals surface area contributed by atoms with Gasteiger partial charge in [-0.2, -0.15) is 0 Å². The number of ether oxygens (including phenoxy) is 1. The summed E-state index contributed by atoms with van der Waals surface area (Å²) in [6, 6.07) is 5.64. The monoisotopic (exact) mass is 277 g/mol. The molecule has 0 saturated carbocycles. The van der Waals surface area contributed by atoms with E-state index in [-0.39, 0.29) is 11.8 Å². The van der Waals surface area contributed by atoms with Gasteiger partial charge in [0.1, 0.15) is 5.75 Å². The Kier molecular flexibility index (Phi) is 4.65. The average Bonchev–Trinajstić information content (AvgIpc) is 2.43. The molecule has 20 heavy (non-hydrogen) atoms. The van der Waals surface area contributed by atoms with Gasteiger partial charge < -0.3 is 14.7 Å². The van der Waals surface area contributed by atoms with Crippen molar-refractivity contribution in [3.63, 3.8) is 0 Å². The second-order valence-corrected chi connectivity index (χ2v) is 5.55. The lowest BCUT2D eigenvalue weighted by molar-refractivity contribution is -0.138. The van der Waals surface area contributed by atoms with Gasteiger partial charge >= 0.3 is 0 Å². The highest BCUT2D eigenvalue weighted by atomic mass is 16.5. The molecule has 4 nitrogen and oxygen atoms in total. The lowest BCUT2D eigenvalue weighted by Gasteiger charge is -2.31. The molecular formula is C16H23NO3. The van der Waals surface area contributed by atoms with Gasteiger partial charge in [0.25, 0.3) is 0 Å². The van der Waals surface area contributed by atoms with Crippen molar-refractivity contribution in [3.8, 4) is 5.75 Å². The van der Waals surface area contributed by atoms with Gasteiger partial charge in [0.05, 0.1) is 13.2 Å². The number of piperidine rings is 1. The fourth-order valence-electron chi connectivity index (χ4n) is 2.68. The van der Waals surface area contributed by atoms with Crippen molar-refractivity contribution < 1.29 is 14.6 Å². The Labute approximate surface area is 120 Å². The highest BCUT2D eigenvalue weighted by molar-refractivity contribution is 5.79. The van der Waals surface area contributed by atoms with Crippen LogP contribution in [-0.4, -0.2) is 29.6 Å². The second kappa shape index (κ2) is 6.27. The summed E-state index contributed by atoms with van der Waals surface area (Å²) in [4.78, 5) is 14.1. The molecule has 2 rings (SSSR count). The van der Waals surface area contributed by atoms with E-state index in [1.54, 1.807) is 14.0 Å². The van der Waals surface area contributed by atoms with E-state index in [4.69, 9.17) is 4.74 Å². The molecule has 1 N–H and O–H groups in total. The fourth-order valence-corrected chi connectivity index (χ4v) is 2.68. The van der Waals surface area contributed by atoms with Crippen LogP contribution in [0.2, 0.25) is 0 Å². The smallest absolute Gasteiger partial charge is 0.225 e. The van der Waals surface area contributed by atoms with Crippen molar-refractivity contribution in [3.05, 3.63) is 29.3 Å². The number of likely N-dealkylation sites (tertiary alicyclic amines) is 1. The van der Waals surface area contributed by atoms with E-state index in [1.165, 1.54) is 0 Å². The van der Waals surface area contributed by atoms with Gasteiger partial charge in [-0.15, -0.1) is 0 Å². The highest BCUT2D eigenvalue weighted by Crippen LogP contribution is 2.27. The molecule has 1 fully saturated rings. The lowest BCUT2D eigenvalue weighted by Crippen LogP contribution is -2.39. The number of nitrogens with zero attached hydrogens (tertiary/aromatic N) is 1. The Morgan fingerprint density at radius 3 is 2.90 bits per heavy atom. The molecule has 1 saturated heterocycles. The third-order valence-corrected chi connectivity index (χ3v) is 3.95. The molecule has 2 unspecified atom stereocenters. The molecule has 1 aliphatic heterocycles. The van der Waals surface area contributed by atoms with E-state index in [0.717, 1.165) is 36.3 Å². The second-order valence-electron chi connectivity index (χ2n) is 5.55. The zero-order valence-electron chi connectivity index (χ0n) is 12.4. The molecule has 0 radical (unpaired) electrons. The van der Waals surface area contributed by atoms with Gasteiger partial charge in [-0.25, -0.2) is 0 Å². The number of hydrogen-bond acceptors (Lipinski definition) is 3. The number of rotatable bonds is 4. The normalized spacial score (nSPS) is 20.9. The predicted octanol–water partition coefficient (Wildman–Crippen LogP) is 2.51. The van der Waals surface area contributed by atoms with Crippen molar-refractivity contribution >= 4 is 5.91 Å². The first-order valence-corrected chi connectivity index (χ1v) is 7.16. The van der Waals surface area contributed by atoms with Crippen LogP contribution < -0.4 is 4.74 Å². The van der Waals surface area contributed by atoms with Crippen LogP contribution in [0.15, 0.2) is 18.2 Å². The molecule has 0 spiro atoms. The van der Waals surface area contributed by atoms with Gasteiger partial charge in [0.2, 0.25) is 5.91 Å². The number of aliphatic hydroxyl groups is 1. The Morgan fingerprint density at radius 1 is 1.50 bits per heavy atom. The van der Waals surface area contributed by atoms with Gasteiger partial charge in [0, 0.05) is 24.6 Å². The Hall–Kier alpha value is -1.55. The largest absolute Gasteiger partial charge is 0.496 e. The van der Waals surface area contributed by atoms with Gasteiger partial charge in [0.15, 0.2) is 0 Å². The first-order chi connectivity index (χ1) is 9.52. The molecule has 1 aliphatic rings. The maximum Gasteiger partial charge on any atom is 0.225 e. The molecule has 1 amide bonds. The van der Waals surface area contributed by atoms with E-state index >= 15 is 0 Å². The quantitative estimate of drug-likeness (QED) is 0.920. The number of methoxy groups -OCH3 is 1. The van der Waals surface area contributed by atoms with E-state index in [2.05, 4.69) is 0 Å². The molecule has 1 heterocycles. The summed E-state index contributed by atoms with van der Waals surface area (Å²) in [5.41, 5.74) is 1.80. The number of hydrogen-bond donors (Lipinski definition) is 1. The fraction of sp³-hybridized carbons (Fsp3) is 0.562. The zero-order chi connectivity index (χ0) is 14.7. The summed E-state index contributed by atoms with van der Waals surface area (Å²) in [5, 5.41) is 9.69. The molecule has 2 atom stereocenters. The Balaban J connectivity index is 2.22. The van der Waals surface area contributed by atoms with E-state index in [9.17, 15) is 9.90 Å². The zero-order valence-corrected chi connectivity index (χ0v) is 12.4. The standard InChI is InChI=1S/C16H23NO3/c1-11-5-4-8-17(16(11)19)10-14-9-13(12(2)18)6-7-15(14)20-3/h6-7,9,11-12,18H,4-5,8,10H2,1-3H3. The van der Waals surface area contributed by atoms with Crippen molar-refractivity contribution in [2.24, 2.45) is 5.92 Å². The van der Waals surface area contributed by atoms with E-state index in [1.807, 2.05) is 30.0 Å². The first-order valence-electron chi connectivity index (χ1n) is 7.16. The van der Waals surface area contributed by atoms with Gasteiger partial charge in [-0.1, -0.05) is 13.0 Å². The number of benzene rings is 1. The average molecular weight is 277 g/mol. The van der Waals surface area contributed by atoms with Crippen LogP contribution in [0.5, 0.6) is 5.75 Å². The van der Waals surface area contributed by atoms with Crippen LogP contribution in [0.1, 0.15) is 43.9 Å². The minimum atomic E-state index is -0.518. The van der Waals surface area contributed by atoms with Crippen LogP contribution >= 0.6 is 0 Å². The van der Waals surface area contributed by atoms with Gasteiger partial charge in [-0.05, 0) is 37.5 Å². The predicted molar refractivity (Wildman–Crippen MR) is 77.4 cm³/mol.